The van der Waals surface area contributed by atoms with E-state index < -0.39 is 0 Å². The third-order valence-corrected chi connectivity index (χ3v) is 3.64. The number of aryl methyl sites for hydroxylation is 2. The fourth-order valence-corrected chi connectivity index (χ4v) is 2.44. The molecule has 0 aliphatic rings. The summed E-state index contributed by atoms with van der Waals surface area (Å²) in [4.78, 5) is 0. The maximum atomic E-state index is 9.10. The Kier molecular flexibility index (Phi) is 3.59. The summed E-state index contributed by atoms with van der Waals surface area (Å²) in [6, 6.07) is 16.4. The molecule has 0 atom stereocenters. The Bertz CT molecular complexity index is 757. The van der Waals surface area contributed by atoms with Gasteiger partial charge in [-0.25, -0.2) is 4.68 Å². The molecule has 106 valence electrons. The van der Waals surface area contributed by atoms with Crippen molar-refractivity contribution in [2.45, 2.75) is 20.5 Å². The smallest absolute Gasteiger partial charge is 0.0681 e. The summed E-state index contributed by atoms with van der Waals surface area (Å²) in [7, 11) is 0. The molecule has 0 saturated carbocycles. The van der Waals surface area contributed by atoms with Crippen LogP contribution in [-0.4, -0.2) is 14.9 Å². The molecule has 21 heavy (non-hydrogen) atoms. The number of rotatable bonds is 3. The topological polar surface area (TPSA) is 38.0 Å². The van der Waals surface area contributed by atoms with Crippen molar-refractivity contribution in [1.82, 2.24) is 9.78 Å². The minimum Gasteiger partial charge on any atom is -0.392 e. The van der Waals surface area contributed by atoms with Crippen molar-refractivity contribution >= 4 is 0 Å². The van der Waals surface area contributed by atoms with Crippen molar-refractivity contribution in [2.75, 3.05) is 0 Å². The van der Waals surface area contributed by atoms with Gasteiger partial charge in [-0.3, -0.25) is 0 Å². The largest absolute Gasteiger partial charge is 0.392 e. The molecule has 0 aliphatic carbocycles. The molecule has 0 fully saturated rings. The van der Waals surface area contributed by atoms with Gasteiger partial charge in [0, 0.05) is 6.20 Å². The molecule has 0 amide bonds. The van der Waals surface area contributed by atoms with E-state index in [1.54, 1.807) is 0 Å². The highest BCUT2D eigenvalue weighted by molar-refractivity contribution is 5.66. The van der Waals surface area contributed by atoms with Gasteiger partial charge >= 0.3 is 0 Å². The SMILES string of the molecule is Cc1ccn(-c2ccc(-c3ccc(CO)cc3)cc2C)n1. The Balaban J connectivity index is 1.96. The van der Waals surface area contributed by atoms with Gasteiger partial charge < -0.3 is 5.11 Å². The molecule has 0 spiro atoms. The third-order valence-electron chi connectivity index (χ3n) is 3.64. The monoisotopic (exact) mass is 278 g/mol. The lowest BCUT2D eigenvalue weighted by Gasteiger charge is -2.09. The Labute approximate surface area is 124 Å². The fourth-order valence-electron chi connectivity index (χ4n) is 2.44. The standard InChI is InChI=1S/C18H18N2O/c1-13-11-17(16-5-3-15(12-21)4-6-16)7-8-18(13)20-10-9-14(2)19-20/h3-11,21H,12H2,1-2H3. The molecule has 0 aliphatic heterocycles. The van der Waals surface area contributed by atoms with E-state index >= 15 is 0 Å². The molecule has 0 saturated heterocycles. The molecule has 0 bridgehead atoms. The van der Waals surface area contributed by atoms with E-state index in [1.807, 2.05) is 48.1 Å². The van der Waals surface area contributed by atoms with Gasteiger partial charge in [-0.05, 0) is 54.3 Å². The summed E-state index contributed by atoms with van der Waals surface area (Å²) >= 11 is 0. The number of nitrogens with zero attached hydrogens (tertiary/aromatic N) is 2. The van der Waals surface area contributed by atoms with Gasteiger partial charge in [0.25, 0.3) is 0 Å². The maximum Gasteiger partial charge on any atom is 0.0681 e. The molecule has 2 aromatic carbocycles. The van der Waals surface area contributed by atoms with Crippen LogP contribution in [0.2, 0.25) is 0 Å². The normalized spacial score (nSPS) is 10.8. The van der Waals surface area contributed by atoms with Crippen molar-refractivity contribution in [3.63, 3.8) is 0 Å². The van der Waals surface area contributed by atoms with E-state index in [4.69, 9.17) is 5.11 Å². The maximum absolute atomic E-state index is 9.10. The Morgan fingerprint density at radius 2 is 1.67 bits per heavy atom. The van der Waals surface area contributed by atoms with E-state index in [1.165, 1.54) is 11.1 Å². The predicted octanol–water partition coefficient (Wildman–Crippen LogP) is 3.65. The molecular weight excluding hydrogens is 260 g/mol. The van der Waals surface area contributed by atoms with Crippen LogP contribution in [-0.2, 0) is 6.61 Å². The van der Waals surface area contributed by atoms with Gasteiger partial charge in [0.15, 0.2) is 0 Å². The average molecular weight is 278 g/mol. The minimum atomic E-state index is 0.0803. The number of aromatic nitrogens is 2. The average Bonchev–Trinajstić information content (AvgIpc) is 2.93. The van der Waals surface area contributed by atoms with Crippen molar-refractivity contribution in [1.29, 1.82) is 0 Å². The molecule has 1 aromatic heterocycles. The number of hydrogen-bond donors (Lipinski definition) is 1. The van der Waals surface area contributed by atoms with Crippen molar-refractivity contribution in [2.24, 2.45) is 0 Å². The first-order valence-electron chi connectivity index (χ1n) is 7.01. The molecule has 3 aromatic rings. The minimum absolute atomic E-state index is 0.0803. The van der Waals surface area contributed by atoms with Gasteiger partial charge in [-0.2, -0.15) is 5.10 Å². The highest BCUT2D eigenvalue weighted by atomic mass is 16.3. The molecule has 3 heteroatoms. The fraction of sp³-hybridized carbons (Fsp3) is 0.167. The molecule has 0 unspecified atom stereocenters. The van der Waals surface area contributed by atoms with Crippen LogP contribution in [0, 0.1) is 13.8 Å². The van der Waals surface area contributed by atoms with Gasteiger partial charge in [0.1, 0.15) is 0 Å². The lowest BCUT2D eigenvalue weighted by molar-refractivity contribution is 0.282. The lowest BCUT2D eigenvalue weighted by atomic mass is 10.0. The van der Waals surface area contributed by atoms with Crippen LogP contribution in [0.25, 0.3) is 16.8 Å². The molecule has 0 radical (unpaired) electrons. The summed E-state index contributed by atoms with van der Waals surface area (Å²) in [5, 5.41) is 13.6. The zero-order chi connectivity index (χ0) is 14.8. The Morgan fingerprint density at radius 3 is 2.24 bits per heavy atom. The summed E-state index contributed by atoms with van der Waals surface area (Å²) in [6.45, 7) is 4.16. The number of benzene rings is 2. The first-order valence-corrected chi connectivity index (χ1v) is 7.01. The van der Waals surface area contributed by atoms with Gasteiger partial charge in [0.05, 0.1) is 18.0 Å². The second-order valence-electron chi connectivity index (χ2n) is 5.26. The van der Waals surface area contributed by atoms with Crippen LogP contribution in [0.15, 0.2) is 54.7 Å². The molecular formula is C18H18N2O. The van der Waals surface area contributed by atoms with Crippen molar-refractivity contribution in [3.05, 3.63) is 71.5 Å². The van der Waals surface area contributed by atoms with Crippen molar-refractivity contribution < 1.29 is 5.11 Å². The molecule has 1 heterocycles. The summed E-state index contributed by atoms with van der Waals surface area (Å²) in [5.74, 6) is 0. The van der Waals surface area contributed by atoms with Crippen LogP contribution in [0.1, 0.15) is 16.8 Å². The van der Waals surface area contributed by atoms with E-state index in [-0.39, 0.29) is 6.61 Å². The second kappa shape index (κ2) is 5.54. The molecule has 1 N–H and O–H groups in total. The Morgan fingerprint density at radius 1 is 0.952 bits per heavy atom. The van der Waals surface area contributed by atoms with Crippen LogP contribution in [0.5, 0.6) is 0 Å². The zero-order valence-electron chi connectivity index (χ0n) is 12.2. The van der Waals surface area contributed by atoms with E-state index in [9.17, 15) is 0 Å². The van der Waals surface area contributed by atoms with Gasteiger partial charge in [0.2, 0.25) is 0 Å². The summed E-state index contributed by atoms with van der Waals surface area (Å²) in [5.41, 5.74) is 6.54. The summed E-state index contributed by atoms with van der Waals surface area (Å²) in [6.07, 6.45) is 1.98. The van der Waals surface area contributed by atoms with E-state index in [2.05, 4.69) is 30.2 Å². The van der Waals surface area contributed by atoms with Crippen LogP contribution in [0.4, 0.5) is 0 Å². The molecule has 3 rings (SSSR count). The predicted molar refractivity (Wildman–Crippen MR) is 84.4 cm³/mol. The lowest BCUT2D eigenvalue weighted by Crippen LogP contribution is -1.98. The van der Waals surface area contributed by atoms with Crippen LogP contribution >= 0.6 is 0 Å². The van der Waals surface area contributed by atoms with Crippen LogP contribution < -0.4 is 0 Å². The molecule has 3 nitrogen and oxygen atoms in total. The van der Waals surface area contributed by atoms with Gasteiger partial charge in [-0.1, -0.05) is 30.3 Å². The van der Waals surface area contributed by atoms with E-state index in [0.29, 0.717) is 0 Å². The number of hydrogen-bond acceptors (Lipinski definition) is 2. The second-order valence-corrected chi connectivity index (χ2v) is 5.26. The van der Waals surface area contributed by atoms with Gasteiger partial charge in [-0.15, -0.1) is 0 Å². The number of aliphatic hydroxyl groups excluding tert-OH is 1. The third kappa shape index (κ3) is 2.73. The Hall–Kier alpha value is -2.39. The quantitative estimate of drug-likeness (QED) is 0.794. The van der Waals surface area contributed by atoms with Crippen LogP contribution in [0.3, 0.4) is 0 Å². The van der Waals surface area contributed by atoms with Crippen molar-refractivity contribution in [3.8, 4) is 16.8 Å². The first-order chi connectivity index (χ1) is 10.2. The highest BCUT2D eigenvalue weighted by Gasteiger charge is 2.05. The summed E-state index contributed by atoms with van der Waals surface area (Å²) < 4.78 is 1.91. The zero-order valence-corrected chi connectivity index (χ0v) is 12.2. The highest BCUT2D eigenvalue weighted by Crippen LogP contribution is 2.24. The number of aliphatic hydroxyl groups is 1. The van der Waals surface area contributed by atoms with E-state index in [0.717, 1.165) is 22.5 Å². The first kappa shape index (κ1) is 13.6.